The minimum atomic E-state index is -2.99. The van der Waals surface area contributed by atoms with Crippen LogP contribution >= 0.6 is 11.8 Å². The predicted molar refractivity (Wildman–Crippen MR) is 95.4 cm³/mol. The SMILES string of the molecule is Cc1cc(C)c(C#N)c(SC(C)C(=O)Nc2ccccc2OC(F)F)n1. The van der Waals surface area contributed by atoms with Gasteiger partial charge in [-0.15, -0.1) is 0 Å². The number of thioether (sulfide) groups is 1. The number of halogens is 2. The maximum absolute atomic E-state index is 12.5. The van der Waals surface area contributed by atoms with E-state index in [1.165, 1.54) is 18.2 Å². The average Bonchev–Trinajstić information content (AvgIpc) is 2.55. The van der Waals surface area contributed by atoms with Gasteiger partial charge in [0.15, 0.2) is 0 Å². The Labute approximate surface area is 154 Å². The second-order valence-electron chi connectivity index (χ2n) is 5.50. The molecule has 1 heterocycles. The molecule has 5 nitrogen and oxygen atoms in total. The van der Waals surface area contributed by atoms with Crippen LogP contribution in [0.1, 0.15) is 23.7 Å². The van der Waals surface area contributed by atoms with E-state index in [1.807, 2.05) is 0 Å². The zero-order valence-electron chi connectivity index (χ0n) is 14.4. The Balaban J connectivity index is 2.16. The van der Waals surface area contributed by atoms with Crippen molar-refractivity contribution in [2.24, 2.45) is 0 Å². The molecule has 1 unspecified atom stereocenters. The number of pyridine rings is 1. The fourth-order valence-corrected chi connectivity index (χ4v) is 3.27. The topological polar surface area (TPSA) is 75.0 Å². The first-order valence-electron chi connectivity index (χ1n) is 7.71. The lowest BCUT2D eigenvalue weighted by Crippen LogP contribution is -2.23. The standard InChI is InChI=1S/C18H17F2N3O2S/c1-10-8-11(2)22-17(13(10)9-21)26-12(3)16(24)23-14-6-4-5-7-15(14)25-18(19)20/h4-8,12,18H,1-3H3,(H,23,24). The highest BCUT2D eigenvalue weighted by molar-refractivity contribution is 8.00. The van der Waals surface area contributed by atoms with Gasteiger partial charge in [-0.1, -0.05) is 23.9 Å². The number of amides is 1. The normalized spacial score (nSPS) is 11.7. The van der Waals surface area contributed by atoms with Crippen LogP contribution in [-0.4, -0.2) is 22.8 Å². The Hall–Kier alpha value is -2.66. The molecule has 0 bridgehead atoms. The molecule has 0 aliphatic heterocycles. The molecule has 1 N–H and O–H groups in total. The molecule has 0 aliphatic rings. The van der Waals surface area contributed by atoms with Crippen LogP contribution in [0.4, 0.5) is 14.5 Å². The molecule has 0 spiro atoms. The van der Waals surface area contributed by atoms with Crippen molar-refractivity contribution in [2.75, 3.05) is 5.32 Å². The number of nitrogens with zero attached hydrogens (tertiary/aromatic N) is 2. The van der Waals surface area contributed by atoms with E-state index in [0.717, 1.165) is 23.0 Å². The van der Waals surface area contributed by atoms with Crippen LogP contribution in [0.5, 0.6) is 5.75 Å². The summed E-state index contributed by atoms with van der Waals surface area (Å²) in [5, 5.41) is 11.7. The van der Waals surface area contributed by atoms with E-state index in [2.05, 4.69) is 21.1 Å². The molecule has 0 aliphatic carbocycles. The number of carbonyl (C=O) groups excluding carboxylic acids is 1. The van der Waals surface area contributed by atoms with Crippen molar-refractivity contribution in [3.05, 3.63) is 47.2 Å². The molecule has 2 rings (SSSR count). The molecule has 0 radical (unpaired) electrons. The fraction of sp³-hybridized carbons (Fsp3) is 0.278. The molecule has 8 heteroatoms. The molecular formula is C18H17F2N3O2S. The molecule has 136 valence electrons. The first kappa shape index (κ1) is 19.7. The second kappa shape index (κ2) is 8.63. The molecule has 0 saturated heterocycles. The van der Waals surface area contributed by atoms with Crippen LogP contribution in [0.3, 0.4) is 0 Å². The van der Waals surface area contributed by atoms with Crippen LogP contribution < -0.4 is 10.1 Å². The van der Waals surface area contributed by atoms with Gasteiger partial charge in [0.25, 0.3) is 0 Å². The second-order valence-corrected chi connectivity index (χ2v) is 6.83. The van der Waals surface area contributed by atoms with E-state index in [9.17, 15) is 18.8 Å². The third-order valence-corrected chi connectivity index (χ3v) is 4.53. The Bertz CT molecular complexity index is 853. The Morgan fingerprint density at radius 3 is 2.69 bits per heavy atom. The average molecular weight is 377 g/mol. The number of hydrogen-bond donors (Lipinski definition) is 1. The summed E-state index contributed by atoms with van der Waals surface area (Å²) in [6.07, 6.45) is 0. The minimum absolute atomic E-state index is 0.115. The van der Waals surface area contributed by atoms with E-state index in [1.54, 1.807) is 32.9 Å². The van der Waals surface area contributed by atoms with E-state index >= 15 is 0 Å². The molecule has 1 atom stereocenters. The molecule has 1 aromatic carbocycles. The third-order valence-electron chi connectivity index (χ3n) is 3.44. The summed E-state index contributed by atoms with van der Waals surface area (Å²) in [5.74, 6) is -0.527. The van der Waals surface area contributed by atoms with Crippen molar-refractivity contribution in [3.8, 4) is 11.8 Å². The number of benzene rings is 1. The fourth-order valence-electron chi connectivity index (χ4n) is 2.25. The molecular weight excluding hydrogens is 360 g/mol. The van der Waals surface area contributed by atoms with Gasteiger partial charge < -0.3 is 10.1 Å². The van der Waals surface area contributed by atoms with Crippen molar-refractivity contribution in [3.63, 3.8) is 0 Å². The summed E-state index contributed by atoms with van der Waals surface area (Å²) < 4.78 is 29.3. The van der Waals surface area contributed by atoms with Gasteiger partial charge in [0.05, 0.1) is 16.5 Å². The number of para-hydroxylation sites is 2. The van der Waals surface area contributed by atoms with Gasteiger partial charge in [-0.05, 0) is 44.5 Å². The van der Waals surface area contributed by atoms with Crippen LogP contribution in [0.2, 0.25) is 0 Å². The van der Waals surface area contributed by atoms with Crippen LogP contribution in [0, 0.1) is 25.2 Å². The number of carbonyl (C=O) groups is 1. The monoisotopic (exact) mass is 377 g/mol. The third kappa shape index (κ3) is 4.92. The van der Waals surface area contributed by atoms with E-state index in [-0.39, 0.29) is 11.4 Å². The van der Waals surface area contributed by atoms with Crippen molar-refractivity contribution < 1.29 is 18.3 Å². The van der Waals surface area contributed by atoms with Gasteiger partial charge in [-0.3, -0.25) is 4.79 Å². The molecule has 0 saturated carbocycles. The Kier molecular flexibility index (Phi) is 6.52. The number of nitriles is 1. The van der Waals surface area contributed by atoms with Gasteiger partial charge in [0.2, 0.25) is 5.91 Å². The van der Waals surface area contributed by atoms with Gasteiger partial charge >= 0.3 is 6.61 Å². The van der Waals surface area contributed by atoms with Gasteiger partial charge in [0.1, 0.15) is 16.8 Å². The summed E-state index contributed by atoms with van der Waals surface area (Å²) in [7, 11) is 0. The predicted octanol–water partition coefficient (Wildman–Crippen LogP) is 4.29. The zero-order valence-corrected chi connectivity index (χ0v) is 15.2. The first-order chi connectivity index (χ1) is 12.3. The highest BCUT2D eigenvalue weighted by Gasteiger charge is 2.20. The maximum atomic E-state index is 12.5. The lowest BCUT2D eigenvalue weighted by molar-refractivity contribution is -0.115. The Morgan fingerprint density at radius 2 is 2.04 bits per heavy atom. The first-order valence-corrected chi connectivity index (χ1v) is 8.59. The lowest BCUT2D eigenvalue weighted by atomic mass is 10.1. The van der Waals surface area contributed by atoms with Crippen molar-refractivity contribution in [2.45, 2.75) is 37.7 Å². The largest absolute Gasteiger partial charge is 0.433 e. The number of rotatable bonds is 6. The number of aromatic nitrogens is 1. The molecule has 26 heavy (non-hydrogen) atoms. The zero-order chi connectivity index (χ0) is 19.3. The van der Waals surface area contributed by atoms with Gasteiger partial charge in [0, 0.05) is 5.69 Å². The molecule has 0 fully saturated rings. The van der Waals surface area contributed by atoms with Crippen molar-refractivity contribution >= 4 is 23.4 Å². The van der Waals surface area contributed by atoms with E-state index in [4.69, 9.17) is 0 Å². The minimum Gasteiger partial charge on any atom is -0.433 e. The van der Waals surface area contributed by atoms with Gasteiger partial charge in [-0.2, -0.15) is 14.0 Å². The van der Waals surface area contributed by atoms with E-state index in [0.29, 0.717) is 10.6 Å². The maximum Gasteiger partial charge on any atom is 0.387 e. The van der Waals surface area contributed by atoms with Crippen LogP contribution in [-0.2, 0) is 4.79 Å². The number of ether oxygens (including phenoxy) is 1. The molecule has 2 aromatic rings. The summed E-state index contributed by atoms with van der Waals surface area (Å²) >= 11 is 1.14. The van der Waals surface area contributed by atoms with Crippen LogP contribution in [0.25, 0.3) is 0 Å². The number of hydrogen-bond acceptors (Lipinski definition) is 5. The van der Waals surface area contributed by atoms with Crippen LogP contribution in [0.15, 0.2) is 35.4 Å². The molecule has 1 amide bonds. The summed E-state index contributed by atoms with van der Waals surface area (Å²) in [6, 6.07) is 9.85. The number of aryl methyl sites for hydroxylation is 2. The number of anilines is 1. The quantitative estimate of drug-likeness (QED) is 0.760. The smallest absolute Gasteiger partial charge is 0.387 e. The number of alkyl halides is 2. The Morgan fingerprint density at radius 1 is 1.35 bits per heavy atom. The summed E-state index contributed by atoms with van der Waals surface area (Å²) in [6.45, 7) is 2.27. The lowest BCUT2D eigenvalue weighted by Gasteiger charge is -2.15. The van der Waals surface area contributed by atoms with Gasteiger partial charge in [-0.25, -0.2) is 4.98 Å². The summed E-state index contributed by atoms with van der Waals surface area (Å²) in [4.78, 5) is 16.8. The number of nitrogens with one attached hydrogen (secondary N) is 1. The van der Waals surface area contributed by atoms with Crippen molar-refractivity contribution in [1.29, 1.82) is 5.26 Å². The van der Waals surface area contributed by atoms with E-state index < -0.39 is 17.8 Å². The van der Waals surface area contributed by atoms with Crippen molar-refractivity contribution in [1.82, 2.24) is 4.98 Å². The summed E-state index contributed by atoms with van der Waals surface area (Å²) in [5.41, 5.74) is 2.10. The highest BCUT2D eigenvalue weighted by atomic mass is 32.2. The highest BCUT2D eigenvalue weighted by Crippen LogP contribution is 2.30. The molecule has 1 aromatic heterocycles.